The van der Waals surface area contributed by atoms with Crippen LogP contribution in [0.3, 0.4) is 0 Å². The Kier molecular flexibility index (Phi) is 24.4. The Morgan fingerprint density at radius 2 is 0.425 bits per heavy atom. The van der Waals surface area contributed by atoms with Crippen LogP contribution in [0.4, 0.5) is 0 Å². The number of rotatable bonds is 9. The Morgan fingerprint density at radius 3 is 0.609 bits per heavy atom. The smallest absolute Gasteiger partial charge is 0.125 e. The zero-order valence-corrected chi connectivity index (χ0v) is 59.7. The number of hydrogen-bond donors (Lipinski definition) is 0. The normalized spacial score (nSPS) is 21.4. The van der Waals surface area contributed by atoms with Crippen molar-refractivity contribution in [2.45, 2.75) is 232 Å². The average Bonchev–Trinajstić information content (AvgIpc) is 1.80. The summed E-state index contributed by atoms with van der Waals surface area (Å²) < 4.78 is 0. The van der Waals surface area contributed by atoms with Gasteiger partial charge in [-0.2, -0.15) is 0 Å². The lowest BCUT2D eigenvalue weighted by atomic mass is 9.87. The summed E-state index contributed by atoms with van der Waals surface area (Å²) in [5.74, 6) is 54.5. The first-order chi connectivity index (χ1) is 41.6. The van der Waals surface area contributed by atoms with Crippen LogP contribution in [0.2, 0.25) is 49.9 Å². The molecule has 7 rings (SSSR count). The molecule has 6 aliphatic carbocycles. The van der Waals surface area contributed by atoms with Crippen molar-refractivity contribution in [1.29, 1.82) is 0 Å². The number of benzene rings is 1. The van der Waals surface area contributed by atoms with E-state index in [1.54, 1.807) is 0 Å². The summed E-state index contributed by atoms with van der Waals surface area (Å²) in [6, 6.07) is 6.17. The molecular formula is C84H102Si3. The molecule has 0 amide bonds. The van der Waals surface area contributed by atoms with E-state index in [1.165, 1.54) is 16.7 Å². The molecule has 3 heteroatoms. The van der Waals surface area contributed by atoms with Gasteiger partial charge < -0.3 is 0 Å². The van der Waals surface area contributed by atoms with Crippen LogP contribution in [0, 0.1) is 141 Å². The summed E-state index contributed by atoms with van der Waals surface area (Å²) in [4.78, 5) is 0. The lowest BCUT2D eigenvalue weighted by Crippen LogP contribution is -2.43. The lowest BCUT2D eigenvalue weighted by Gasteiger charge is -2.38. The fraction of sp³-hybridized carbons (Fsp3) is 0.500. The van der Waals surface area contributed by atoms with Crippen LogP contribution in [-0.2, 0) is 0 Å². The van der Waals surface area contributed by atoms with Gasteiger partial charge in [0.25, 0.3) is 0 Å². The molecular weight excluding hydrogens is 1090 g/mol. The molecule has 0 heterocycles. The van der Waals surface area contributed by atoms with Crippen LogP contribution in [0.15, 0.2) is 125 Å². The molecule has 0 spiro atoms. The minimum absolute atomic E-state index is 0.210. The van der Waals surface area contributed by atoms with E-state index in [1.807, 2.05) is 0 Å². The van der Waals surface area contributed by atoms with Gasteiger partial charge in [0.2, 0.25) is 0 Å². The first-order valence-electron chi connectivity index (χ1n) is 33.7. The molecule has 0 nitrogen and oxygen atoms in total. The quantitative estimate of drug-likeness (QED) is 0.171. The molecule has 450 valence electrons. The molecule has 1 aromatic carbocycles. The molecule has 0 aliphatic heterocycles. The number of hydrogen-bond acceptors (Lipinski definition) is 0. The van der Waals surface area contributed by atoms with Crippen LogP contribution >= 0.6 is 0 Å². The first-order valence-corrected chi connectivity index (χ1v) is 40.4. The maximum atomic E-state index is 4.08. The van der Waals surface area contributed by atoms with Crippen molar-refractivity contribution >= 4 is 24.2 Å². The molecule has 0 saturated heterocycles. The highest BCUT2D eigenvalue weighted by Gasteiger charge is 2.44. The van der Waals surface area contributed by atoms with Gasteiger partial charge >= 0.3 is 0 Å². The van der Waals surface area contributed by atoms with Crippen molar-refractivity contribution in [3.05, 3.63) is 141 Å². The zero-order valence-electron chi connectivity index (χ0n) is 56.7. The monoisotopic (exact) mass is 1190 g/mol. The average molecular weight is 1200 g/mol. The molecule has 87 heavy (non-hydrogen) atoms. The number of allylic oxidation sites excluding steroid dienone is 18. The SMILES string of the molecule is CC(C)[Si](C#CC1=C(C#CC#Cc2cc(C#CC#CC3=C(C#C[Si](C(C)C)(C(C)C)C(C)C)C4C=CC=CC3CCC4)cc(C#CC#CC3=C(C#C[Si](C(C)C)(C(C)C)C(C)C)C4C=CC=CC3CCC4)c2)C2C=CC=CC1CCC2)(C(C)C)C(C)C. The summed E-state index contributed by atoms with van der Waals surface area (Å²) in [5.41, 5.74) is 26.6. The van der Waals surface area contributed by atoms with E-state index in [9.17, 15) is 0 Å². The Morgan fingerprint density at radius 1 is 0.253 bits per heavy atom. The minimum Gasteiger partial charge on any atom is -0.125 e. The summed E-state index contributed by atoms with van der Waals surface area (Å²) in [6.45, 7) is 43.1. The van der Waals surface area contributed by atoms with Crippen LogP contribution in [0.5, 0.6) is 0 Å². The van der Waals surface area contributed by atoms with Gasteiger partial charge in [0, 0.05) is 85.6 Å². The zero-order chi connectivity index (χ0) is 63.1. The van der Waals surface area contributed by atoms with Crippen molar-refractivity contribution in [2.24, 2.45) is 35.5 Å². The molecule has 6 atom stereocenters. The van der Waals surface area contributed by atoms with Crippen molar-refractivity contribution in [2.75, 3.05) is 0 Å². The minimum atomic E-state index is -1.99. The molecule has 0 N–H and O–H groups in total. The second-order valence-corrected chi connectivity index (χ2v) is 45.2. The lowest BCUT2D eigenvalue weighted by molar-refractivity contribution is 0.600. The van der Waals surface area contributed by atoms with Crippen LogP contribution < -0.4 is 0 Å². The fourth-order valence-corrected chi connectivity index (χ4v) is 32.0. The van der Waals surface area contributed by atoms with E-state index in [4.69, 9.17) is 0 Å². The van der Waals surface area contributed by atoms with Gasteiger partial charge in [0.05, 0.1) is 0 Å². The maximum Gasteiger partial charge on any atom is 0.146 e. The van der Waals surface area contributed by atoms with Gasteiger partial charge in [-0.1, -0.05) is 270 Å². The molecule has 0 fully saturated rings. The highest BCUT2D eigenvalue weighted by atomic mass is 28.3. The predicted molar refractivity (Wildman–Crippen MR) is 385 cm³/mol. The first kappa shape index (κ1) is 68.1. The highest BCUT2D eigenvalue weighted by Crippen LogP contribution is 2.45. The van der Waals surface area contributed by atoms with E-state index < -0.39 is 24.2 Å². The summed E-state index contributed by atoms with van der Waals surface area (Å²) in [5, 5.41) is 0. The molecule has 6 bridgehead atoms. The molecule has 6 unspecified atom stereocenters. The molecule has 0 saturated carbocycles. The van der Waals surface area contributed by atoms with Crippen molar-refractivity contribution in [3.8, 4) is 105 Å². The predicted octanol–water partition coefficient (Wildman–Crippen LogP) is 20.9. The third kappa shape index (κ3) is 15.9. The van der Waals surface area contributed by atoms with Crippen LogP contribution in [0.1, 0.15) is 199 Å². The van der Waals surface area contributed by atoms with Crippen LogP contribution in [0.25, 0.3) is 0 Å². The van der Waals surface area contributed by atoms with Crippen molar-refractivity contribution < 1.29 is 0 Å². The molecule has 0 aromatic heterocycles. The third-order valence-electron chi connectivity index (χ3n) is 20.8. The fourth-order valence-electron chi connectivity index (χ4n) is 16.3. The van der Waals surface area contributed by atoms with Gasteiger partial charge in [-0.25, -0.2) is 0 Å². The second-order valence-electron chi connectivity index (χ2n) is 28.5. The largest absolute Gasteiger partial charge is 0.146 e. The highest BCUT2D eigenvalue weighted by molar-refractivity contribution is 6.91. The maximum absolute atomic E-state index is 4.08. The summed E-state index contributed by atoms with van der Waals surface area (Å²) >= 11 is 0. The Hall–Kier alpha value is -6.43. The van der Waals surface area contributed by atoms with Gasteiger partial charge in [0.1, 0.15) is 24.2 Å². The Balaban J connectivity index is 1.38. The third-order valence-corrected chi connectivity index (χ3v) is 39.6. The molecule has 1 aromatic rings. The number of fused-ring (bicyclic) bond motifs is 6. The summed E-state index contributed by atoms with van der Waals surface area (Å²) in [6.07, 6.45) is 37.2. The van der Waals surface area contributed by atoms with Crippen LogP contribution in [-0.4, -0.2) is 24.2 Å². The molecule has 6 aliphatic rings. The Labute approximate surface area is 535 Å². The van der Waals surface area contributed by atoms with Gasteiger partial charge in [-0.15, -0.1) is 16.6 Å². The standard InChI is InChI=1S/C84H102Si3/c1-61(2)85(62(3)4,63(5)6)55-52-82-76-40-25-22-37-73(43-31-46-76)79(82)49-28-19-34-70-58-71(35-20-29-50-80-74-38-23-26-41-77(47-32-44-74)83(80)53-56-86(64(7)8,65(9)10)66(11)12)60-72(59-70)36-21-30-51-81-75-39-24-27-42-78(48-33-45-75)84(81)54-57-87(67(13)14,68(15)16)69(17)18/h22-27,37-42,58-69,73-78H,31-33,43-48H2,1-18H3. The van der Waals surface area contributed by atoms with E-state index in [0.717, 1.165) is 91.2 Å². The summed E-state index contributed by atoms with van der Waals surface area (Å²) in [7, 11) is -5.97. The molecule has 0 radical (unpaired) electrons. The van der Waals surface area contributed by atoms with Crippen molar-refractivity contribution in [1.82, 2.24) is 0 Å². The van der Waals surface area contributed by atoms with E-state index in [0.29, 0.717) is 49.9 Å². The van der Waals surface area contributed by atoms with E-state index in [-0.39, 0.29) is 35.5 Å². The van der Waals surface area contributed by atoms with Gasteiger partial charge in [-0.3, -0.25) is 0 Å². The Bertz CT molecular complexity index is 3150. The second kappa shape index (κ2) is 31.2. The van der Waals surface area contributed by atoms with E-state index >= 15 is 0 Å². The van der Waals surface area contributed by atoms with Crippen molar-refractivity contribution in [3.63, 3.8) is 0 Å². The van der Waals surface area contributed by atoms with E-state index in [2.05, 4.69) is 321 Å². The van der Waals surface area contributed by atoms with Gasteiger partial charge in [-0.05, 0) is 142 Å². The topological polar surface area (TPSA) is 0 Å². The van der Waals surface area contributed by atoms with Gasteiger partial charge in [0.15, 0.2) is 0 Å².